The van der Waals surface area contributed by atoms with E-state index in [-0.39, 0.29) is 0 Å². The Bertz CT molecular complexity index is 510. The first-order valence-electron chi connectivity index (χ1n) is 11.3. The standard InChI is InChI=1S/C23H42N4O/c1-5-8-9-15-25(4)16-10-17-28-23-13-11-21(12-14-23)18-24-22-19-26(6-2)27(7-3)20-22/h11-14,22,24H,5-10,15-20H2,1-4H3. The molecule has 0 aliphatic carbocycles. The van der Waals surface area contributed by atoms with Crippen LogP contribution in [0.1, 0.15) is 52.0 Å². The summed E-state index contributed by atoms with van der Waals surface area (Å²) in [4.78, 5) is 2.41. The van der Waals surface area contributed by atoms with E-state index in [1.807, 2.05) is 0 Å². The van der Waals surface area contributed by atoms with Crippen LogP contribution in [0.4, 0.5) is 0 Å². The van der Waals surface area contributed by atoms with E-state index in [0.29, 0.717) is 6.04 Å². The van der Waals surface area contributed by atoms with Gasteiger partial charge in [0.15, 0.2) is 0 Å². The second kappa shape index (κ2) is 13.2. The van der Waals surface area contributed by atoms with Gasteiger partial charge in [0.2, 0.25) is 0 Å². The summed E-state index contributed by atoms with van der Waals surface area (Å²) in [6.45, 7) is 15.1. The summed E-state index contributed by atoms with van der Waals surface area (Å²) in [5.74, 6) is 0.979. The van der Waals surface area contributed by atoms with Crippen molar-refractivity contribution < 1.29 is 4.74 Å². The molecule has 0 spiro atoms. The number of hydrogen-bond donors (Lipinski definition) is 1. The SMILES string of the molecule is CCCCCN(C)CCCOc1ccc(CNC2CN(CC)N(CC)C2)cc1. The van der Waals surface area contributed by atoms with Gasteiger partial charge in [0.05, 0.1) is 6.61 Å². The highest BCUT2D eigenvalue weighted by molar-refractivity contribution is 5.27. The van der Waals surface area contributed by atoms with Crippen molar-refractivity contribution in [1.82, 2.24) is 20.2 Å². The number of hydrogen-bond acceptors (Lipinski definition) is 5. The number of ether oxygens (including phenoxy) is 1. The predicted octanol–water partition coefficient (Wildman–Crippen LogP) is 3.61. The van der Waals surface area contributed by atoms with E-state index in [4.69, 9.17) is 4.74 Å². The lowest BCUT2D eigenvalue weighted by atomic mass is 10.2. The van der Waals surface area contributed by atoms with Gasteiger partial charge >= 0.3 is 0 Å². The van der Waals surface area contributed by atoms with E-state index in [1.165, 1.54) is 31.4 Å². The Balaban J connectivity index is 1.61. The van der Waals surface area contributed by atoms with Crippen LogP contribution in [0.5, 0.6) is 5.75 Å². The molecule has 0 aromatic heterocycles. The molecule has 1 fully saturated rings. The Hall–Kier alpha value is -1.14. The van der Waals surface area contributed by atoms with Crippen LogP contribution in [0, 0.1) is 0 Å². The minimum absolute atomic E-state index is 0.546. The summed E-state index contributed by atoms with van der Waals surface area (Å²) < 4.78 is 5.91. The van der Waals surface area contributed by atoms with Crippen molar-refractivity contribution in [3.05, 3.63) is 29.8 Å². The Kier molecular flexibility index (Phi) is 10.9. The number of nitrogens with one attached hydrogen (secondary N) is 1. The minimum atomic E-state index is 0.546. The van der Waals surface area contributed by atoms with Crippen molar-refractivity contribution in [3.63, 3.8) is 0 Å². The number of likely N-dealkylation sites (N-methyl/N-ethyl adjacent to an activating group) is 2. The van der Waals surface area contributed by atoms with E-state index in [2.05, 4.69) is 72.3 Å². The van der Waals surface area contributed by atoms with Crippen LogP contribution in [0.3, 0.4) is 0 Å². The third-order valence-corrected chi connectivity index (χ3v) is 5.61. The molecule has 0 saturated carbocycles. The molecule has 5 heteroatoms. The third-order valence-electron chi connectivity index (χ3n) is 5.61. The zero-order valence-corrected chi connectivity index (χ0v) is 18.6. The molecule has 0 unspecified atom stereocenters. The molecular weight excluding hydrogens is 348 g/mol. The quantitative estimate of drug-likeness (QED) is 0.491. The second-order valence-corrected chi connectivity index (χ2v) is 7.94. The van der Waals surface area contributed by atoms with Crippen LogP contribution >= 0.6 is 0 Å². The highest BCUT2D eigenvalue weighted by Gasteiger charge is 2.27. The number of nitrogens with zero attached hydrogens (tertiary/aromatic N) is 3. The molecule has 1 aromatic carbocycles. The van der Waals surface area contributed by atoms with Gasteiger partial charge in [-0.1, -0.05) is 45.7 Å². The average Bonchev–Trinajstić information content (AvgIpc) is 3.13. The van der Waals surface area contributed by atoms with Crippen LogP contribution in [-0.2, 0) is 6.54 Å². The number of rotatable bonds is 14. The fraction of sp³-hybridized carbons (Fsp3) is 0.739. The van der Waals surface area contributed by atoms with Crippen LogP contribution in [0.15, 0.2) is 24.3 Å². The summed E-state index contributed by atoms with van der Waals surface area (Å²) >= 11 is 0. The molecular formula is C23H42N4O. The summed E-state index contributed by atoms with van der Waals surface area (Å²) in [5.41, 5.74) is 1.32. The number of hydrazine groups is 1. The molecule has 0 bridgehead atoms. The molecule has 1 aliphatic heterocycles. The van der Waals surface area contributed by atoms with Gasteiger partial charge < -0.3 is 15.0 Å². The second-order valence-electron chi connectivity index (χ2n) is 7.94. The maximum atomic E-state index is 5.91. The molecule has 28 heavy (non-hydrogen) atoms. The van der Waals surface area contributed by atoms with Crippen LogP contribution < -0.4 is 10.1 Å². The predicted molar refractivity (Wildman–Crippen MR) is 119 cm³/mol. The maximum Gasteiger partial charge on any atom is 0.119 e. The number of unbranched alkanes of at least 4 members (excludes halogenated alkanes) is 2. The van der Waals surface area contributed by atoms with Crippen molar-refractivity contribution in [2.24, 2.45) is 0 Å². The van der Waals surface area contributed by atoms with Gasteiger partial charge in [0.25, 0.3) is 0 Å². The van der Waals surface area contributed by atoms with Crippen LogP contribution in [0.2, 0.25) is 0 Å². The van der Waals surface area contributed by atoms with Gasteiger partial charge in [-0.25, -0.2) is 10.0 Å². The Morgan fingerprint density at radius 2 is 1.61 bits per heavy atom. The first kappa shape index (κ1) is 23.1. The highest BCUT2D eigenvalue weighted by atomic mass is 16.5. The lowest BCUT2D eigenvalue weighted by molar-refractivity contribution is 0.0388. The van der Waals surface area contributed by atoms with Crippen LogP contribution in [-0.4, -0.2) is 73.9 Å². The minimum Gasteiger partial charge on any atom is -0.494 e. The van der Waals surface area contributed by atoms with Crippen molar-refractivity contribution in [3.8, 4) is 5.75 Å². The van der Waals surface area contributed by atoms with Gasteiger partial charge in [-0.15, -0.1) is 0 Å². The molecule has 1 saturated heterocycles. The van der Waals surface area contributed by atoms with E-state index in [9.17, 15) is 0 Å². The largest absolute Gasteiger partial charge is 0.494 e. The summed E-state index contributed by atoms with van der Waals surface area (Å²) in [6, 6.07) is 9.12. The van der Waals surface area contributed by atoms with Crippen molar-refractivity contribution in [2.45, 2.75) is 59.0 Å². The zero-order valence-electron chi connectivity index (χ0n) is 18.6. The molecule has 1 aliphatic rings. The van der Waals surface area contributed by atoms with E-state index in [0.717, 1.165) is 58.0 Å². The maximum absolute atomic E-state index is 5.91. The topological polar surface area (TPSA) is 31.0 Å². The lowest BCUT2D eigenvalue weighted by Gasteiger charge is -2.24. The molecule has 2 rings (SSSR count). The monoisotopic (exact) mass is 390 g/mol. The Labute approximate surface area is 173 Å². The van der Waals surface area contributed by atoms with Gasteiger partial charge in [-0.3, -0.25) is 0 Å². The van der Waals surface area contributed by atoms with E-state index >= 15 is 0 Å². The molecule has 0 radical (unpaired) electrons. The van der Waals surface area contributed by atoms with Gasteiger partial charge in [0, 0.05) is 45.3 Å². The lowest BCUT2D eigenvalue weighted by Crippen LogP contribution is -2.35. The Morgan fingerprint density at radius 3 is 2.21 bits per heavy atom. The summed E-state index contributed by atoms with van der Waals surface area (Å²) in [6.07, 6.45) is 5.00. The fourth-order valence-corrected chi connectivity index (χ4v) is 3.82. The summed E-state index contributed by atoms with van der Waals surface area (Å²) in [5, 5.41) is 8.58. The van der Waals surface area contributed by atoms with Crippen molar-refractivity contribution in [1.29, 1.82) is 0 Å². The third kappa shape index (κ3) is 8.08. The highest BCUT2D eigenvalue weighted by Crippen LogP contribution is 2.14. The molecule has 5 nitrogen and oxygen atoms in total. The van der Waals surface area contributed by atoms with Crippen molar-refractivity contribution in [2.75, 3.05) is 52.9 Å². The Morgan fingerprint density at radius 1 is 0.964 bits per heavy atom. The van der Waals surface area contributed by atoms with E-state index in [1.54, 1.807) is 0 Å². The first-order chi connectivity index (χ1) is 13.7. The molecule has 160 valence electrons. The molecule has 1 aromatic rings. The van der Waals surface area contributed by atoms with Gasteiger partial charge in [0.1, 0.15) is 5.75 Å². The van der Waals surface area contributed by atoms with Gasteiger partial charge in [-0.05, 0) is 44.1 Å². The van der Waals surface area contributed by atoms with E-state index < -0.39 is 0 Å². The molecule has 0 amide bonds. The summed E-state index contributed by atoms with van der Waals surface area (Å²) in [7, 11) is 2.21. The smallest absolute Gasteiger partial charge is 0.119 e. The molecule has 1 heterocycles. The normalized spacial score (nSPS) is 16.3. The van der Waals surface area contributed by atoms with Crippen molar-refractivity contribution >= 4 is 0 Å². The fourth-order valence-electron chi connectivity index (χ4n) is 3.82. The average molecular weight is 391 g/mol. The first-order valence-corrected chi connectivity index (χ1v) is 11.3. The van der Waals surface area contributed by atoms with Gasteiger partial charge in [-0.2, -0.15) is 0 Å². The van der Waals surface area contributed by atoms with Crippen LogP contribution in [0.25, 0.3) is 0 Å². The zero-order chi connectivity index (χ0) is 20.2. The number of benzene rings is 1. The molecule has 1 N–H and O–H groups in total. The molecule has 0 atom stereocenters.